The van der Waals surface area contributed by atoms with Crippen molar-refractivity contribution in [2.75, 3.05) is 13.1 Å². The van der Waals surface area contributed by atoms with Crippen molar-refractivity contribution in [2.45, 2.75) is 25.8 Å². The van der Waals surface area contributed by atoms with E-state index in [2.05, 4.69) is 4.98 Å². The molecule has 5 heteroatoms. The summed E-state index contributed by atoms with van der Waals surface area (Å²) in [4.78, 5) is 30.5. The molecule has 2 aromatic heterocycles. The van der Waals surface area contributed by atoms with Crippen LogP contribution >= 0.6 is 0 Å². The van der Waals surface area contributed by atoms with Gasteiger partial charge in [-0.2, -0.15) is 0 Å². The Labute approximate surface area is 116 Å². The van der Waals surface area contributed by atoms with E-state index in [1.54, 1.807) is 30.6 Å². The summed E-state index contributed by atoms with van der Waals surface area (Å²) in [5.74, 6) is 0.0232. The van der Waals surface area contributed by atoms with Crippen LogP contribution < -0.4 is 5.56 Å². The van der Waals surface area contributed by atoms with Crippen LogP contribution in [-0.2, 0) is 11.3 Å². The third-order valence-electron chi connectivity index (χ3n) is 3.76. The molecule has 3 rings (SSSR count). The molecular weight excluding hydrogens is 254 g/mol. The number of hydrogen-bond acceptors (Lipinski definition) is 3. The third-order valence-corrected chi connectivity index (χ3v) is 3.76. The van der Waals surface area contributed by atoms with E-state index < -0.39 is 0 Å². The number of rotatable bonds is 2. The topological polar surface area (TPSA) is 55.2 Å². The second-order valence-electron chi connectivity index (χ2n) is 5.13. The largest absolute Gasteiger partial charge is 0.341 e. The normalized spacial score (nSPS) is 15.5. The molecule has 1 aliphatic rings. The molecule has 0 spiro atoms. The number of piperidine rings is 1. The van der Waals surface area contributed by atoms with E-state index in [-0.39, 0.29) is 18.0 Å². The van der Waals surface area contributed by atoms with Crippen LogP contribution in [0.25, 0.3) is 10.9 Å². The van der Waals surface area contributed by atoms with Crippen molar-refractivity contribution < 1.29 is 4.79 Å². The zero-order chi connectivity index (χ0) is 13.9. The summed E-state index contributed by atoms with van der Waals surface area (Å²) < 4.78 is 1.47. The van der Waals surface area contributed by atoms with E-state index in [9.17, 15) is 9.59 Å². The van der Waals surface area contributed by atoms with Gasteiger partial charge in [-0.05, 0) is 37.5 Å². The molecule has 1 saturated heterocycles. The van der Waals surface area contributed by atoms with Crippen molar-refractivity contribution >= 4 is 16.8 Å². The summed E-state index contributed by atoms with van der Waals surface area (Å²) in [6.45, 7) is 1.73. The Morgan fingerprint density at radius 1 is 1.20 bits per heavy atom. The van der Waals surface area contributed by atoms with E-state index >= 15 is 0 Å². The van der Waals surface area contributed by atoms with Crippen LogP contribution in [0.5, 0.6) is 0 Å². The Hall–Kier alpha value is -2.17. The van der Waals surface area contributed by atoms with Gasteiger partial charge < -0.3 is 9.47 Å². The zero-order valence-electron chi connectivity index (χ0n) is 11.3. The molecule has 0 aliphatic carbocycles. The number of fused-ring (bicyclic) bond motifs is 1. The van der Waals surface area contributed by atoms with Crippen LogP contribution in [0.2, 0.25) is 0 Å². The second-order valence-corrected chi connectivity index (χ2v) is 5.13. The van der Waals surface area contributed by atoms with Gasteiger partial charge in [0.15, 0.2) is 0 Å². The van der Waals surface area contributed by atoms with Crippen molar-refractivity contribution in [2.24, 2.45) is 0 Å². The molecule has 104 valence electrons. The quantitative estimate of drug-likeness (QED) is 0.830. The van der Waals surface area contributed by atoms with Gasteiger partial charge in [0, 0.05) is 25.5 Å². The molecule has 0 radical (unpaired) electrons. The Morgan fingerprint density at radius 3 is 2.80 bits per heavy atom. The molecule has 1 fully saturated rings. The summed E-state index contributed by atoms with van der Waals surface area (Å²) >= 11 is 0. The summed E-state index contributed by atoms with van der Waals surface area (Å²) in [7, 11) is 0. The number of aromatic nitrogens is 2. The highest BCUT2D eigenvalue weighted by Crippen LogP contribution is 2.10. The summed E-state index contributed by atoms with van der Waals surface area (Å²) in [6, 6.07) is 5.26. The first-order valence-corrected chi connectivity index (χ1v) is 6.98. The molecule has 1 amide bonds. The van der Waals surface area contributed by atoms with Crippen molar-refractivity contribution in [3.63, 3.8) is 0 Å². The van der Waals surface area contributed by atoms with Crippen LogP contribution in [-0.4, -0.2) is 33.4 Å². The summed E-state index contributed by atoms with van der Waals surface area (Å²) in [5.41, 5.74) is 0.514. The van der Waals surface area contributed by atoms with Crippen LogP contribution in [0, 0.1) is 0 Å². The Balaban J connectivity index is 1.85. The predicted molar refractivity (Wildman–Crippen MR) is 76.4 cm³/mol. The second kappa shape index (κ2) is 5.45. The van der Waals surface area contributed by atoms with Gasteiger partial charge in [0.2, 0.25) is 5.91 Å². The minimum absolute atomic E-state index is 0.0232. The van der Waals surface area contributed by atoms with E-state index in [1.807, 2.05) is 4.90 Å². The highest BCUT2D eigenvalue weighted by atomic mass is 16.2. The maximum Gasteiger partial charge on any atom is 0.260 e. The number of likely N-dealkylation sites (tertiary alicyclic amines) is 1. The van der Waals surface area contributed by atoms with Crippen LogP contribution in [0.3, 0.4) is 0 Å². The maximum atomic E-state index is 12.3. The predicted octanol–water partition coefficient (Wildman–Crippen LogP) is 1.41. The molecule has 0 saturated carbocycles. The standard InChI is InChI=1S/C15H17N3O2/c19-14(17-8-2-1-3-9-17)11-18-10-6-13-12(15(18)20)5-4-7-16-13/h4-7,10H,1-3,8-9,11H2. The van der Waals surface area contributed by atoms with Gasteiger partial charge >= 0.3 is 0 Å². The first-order valence-electron chi connectivity index (χ1n) is 6.98. The van der Waals surface area contributed by atoms with Gasteiger partial charge in [-0.3, -0.25) is 14.6 Å². The monoisotopic (exact) mass is 271 g/mol. The van der Waals surface area contributed by atoms with Crippen LogP contribution in [0.15, 0.2) is 35.4 Å². The fourth-order valence-corrected chi connectivity index (χ4v) is 2.63. The minimum Gasteiger partial charge on any atom is -0.341 e. The van der Waals surface area contributed by atoms with Crippen molar-refractivity contribution in [3.8, 4) is 0 Å². The lowest BCUT2D eigenvalue weighted by Crippen LogP contribution is -2.39. The number of carbonyl (C=O) groups excluding carboxylic acids is 1. The van der Waals surface area contributed by atoms with Gasteiger partial charge in [-0.25, -0.2) is 0 Å². The highest BCUT2D eigenvalue weighted by Gasteiger charge is 2.17. The molecule has 5 nitrogen and oxygen atoms in total. The summed E-state index contributed by atoms with van der Waals surface area (Å²) in [6.07, 6.45) is 6.61. The average molecular weight is 271 g/mol. The SMILES string of the molecule is O=C(Cn1ccc2ncccc2c1=O)N1CCCCC1. The molecule has 0 unspecified atom stereocenters. The molecule has 0 bridgehead atoms. The van der Waals surface area contributed by atoms with Gasteiger partial charge in [0.25, 0.3) is 5.56 Å². The average Bonchev–Trinajstić information content (AvgIpc) is 2.51. The number of hydrogen-bond donors (Lipinski definition) is 0. The third kappa shape index (κ3) is 2.43. The summed E-state index contributed by atoms with van der Waals surface area (Å²) in [5, 5.41) is 0.557. The number of nitrogens with zero attached hydrogens (tertiary/aromatic N) is 3. The fraction of sp³-hybridized carbons (Fsp3) is 0.400. The first kappa shape index (κ1) is 12.8. The lowest BCUT2D eigenvalue weighted by atomic mass is 10.1. The smallest absolute Gasteiger partial charge is 0.260 e. The van der Waals surface area contributed by atoms with Crippen molar-refractivity contribution in [3.05, 3.63) is 40.9 Å². The molecule has 3 heterocycles. The van der Waals surface area contributed by atoms with Crippen LogP contribution in [0.1, 0.15) is 19.3 Å². The molecule has 0 N–H and O–H groups in total. The molecular formula is C15H17N3O2. The Kier molecular flexibility index (Phi) is 3.50. The lowest BCUT2D eigenvalue weighted by Gasteiger charge is -2.26. The van der Waals surface area contributed by atoms with Gasteiger partial charge in [-0.15, -0.1) is 0 Å². The van der Waals surface area contributed by atoms with Gasteiger partial charge in [0.1, 0.15) is 6.54 Å². The van der Waals surface area contributed by atoms with Crippen molar-refractivity contribution in [1.82, 2.24) is 14.5 Å². The Bertz CT molecular complexity index is 687. The van der Waals surface area contributed by atoms with Gasteiger partial charge in [0.05, 0.1) is 10.9 Å². The first-order chi connectivity index (χ1) is 9.75. The van der Waals surface area contributed by atoms with Gasteiger partial charge in [-0.1, -0.05) is 0 Å². The van der Waals surface area contributed by atoms with E-state index in [0.717, 1.165) is 25.9 Å². The molecule has 20 heavy (non-hydrogen) atoms. The fourth-order valence-electron chi connectivity index (χ4n) is 2.63. The van der Waals surface area contributed by atoms with Crippen LogP contribution in [0.4, 0.5) is 0 Å². The molecule has 1 aliphatic heterocycles. The number of amides is 1. The number of carbonyl (C=O) groups is 1. The van der Waals surface area contributed by atoms with E-state index in [4.69, 9.17) is 0 Å². The minimum atomic E-state index is -0.152. The van der Waals surface area contributed by atoms with E-state index in [1.165, 1.54) is 11.0 Å². The zero-order valence-corrected chi connectivity index (χ0v) is 11.3. The number of pyridine rings is 2. The molecule has 0 atom stereocenters. The molecule has 0 aromatic carbocycles. The van der Waals surface area contributed by atoms with Crippen molar-refractivity contribution in [1.29, 1.82) is 0 Å². The highest BCUT2D eigenvalue weighted by molar-refractivity contribution is 5.79. The lowest BCUT2D eigenvalue weighted by molar-refractivity contribution is -0.132. The maximum absolute atomic E-state index is 12.3. The van der Waals surface area contributed by atoms with E-state index in [0.29, 0.717) is 10.9 Å². The molecule has 2 aromatic rings. The Morgan fingerprint density at radius 2 is 2.00 bits per heavy atom.